The maximum atomic E-state index is 12.5. The van der Waals surface area contributed by atoms with Crippen LogP contribution in [0.1, 0.15) is 18.2 Å². The van der Waals surface area contributed by atoms with E-state index in [4.69, 9.17) is 4.74 Å². The highest BCUT2D eigenvalue weighted by molar-refractivity contribution is 7.09. The molecule has 0 fully saturated rings. The second-order valence-corrected chi connectivity index (χ2v) is 7.32. The quantitative estimate of drug-likeness (QED) is 0.678. The number of likely N-dealkylation sites (N-methyl/N-ethyl adjacent to an activating group) is 1. The predicted octanol–water partition coefficient (Wildman–Crippen LogP) is 3.07. The van der Waals surface area contributed by atoms with Gasteiger partial charge in [-0.15, -0.1) is 11.3 Å². The second kappa shape index (κ2) is 10.7. The largest absolute Gasteiger partial charge is 0.495 e. The molecule has 1 N–H and O–H groups in total. The molecule has 0 saturated carbocycles. The number of benzene rings is 1. The SMILES string of the molecule is CCCN(CC(=O)Nc1ccccc1OC)CC(=O)N(C)Cc1cccs1. The van der Waals surface area contributed by atoms with Crippen molar-refractivity contribution >= 4 is 28.8 Å². The molecule has 0 bridgehead atoms. The molecule has 2 aromatic rings. The molecule has 0 atom stereocenters. The van der Waals surface area contributed by atoms with Gasteiger partial charge in [0, 0.05) is 11.9 Å². The molecule has 2 rings (SSSR count). The molecule has 2 amide bonds. The minimum atomic E-state index is -0.165. The number of amides is 2. The highest BCUT2D eigenvalue weighted by Crippen LogP contribution is 2.22. The van der Waals surface area contributed by atoms with Crippen LogP contribution in [0.3, 0.4) is 0 Å². The van der Waals surface area contributed by atoms with Crippen LogP contribution >= 0.6 is 11.3 Å². The van der Waals surface area contributed by atoms with Crippen molar-refractivity contribution in [1.29, 1.82) is 0 Å². The Morgan fingerprint density at radius 2 is 1.93 bits per heavy atom. The summed E-state index contributed by atoms with van der Waals surface area (Å²) < 4.78 is 5.26. The predicted molar refractivity (Wildman–Crippen MR) is 109 cm³/mol. The summed E-state index contributed by atoms with van der Waals surface area (Å²) >= 11 is 1.63. The topological polar surface area (TPSA) is 61.9 Å². The van der Waals surface area contributed by atoms with Crippen molar-refractivity contribution in [3.63, 3.8) is 0 Å². The zero-order valence-corrected chi connectivity index (χ0v) is 16.9. The van der Waals surface area contributed by atoms with Gasteiger partial charge in [-0.25, -0.2) is 0 Å². The Hall–Kier alpha value is -2.38. The summed E-state index contributed by atoms with van der Waals surface area (Å²) in [4.78, 5) is 29.7. The molecule has 0 aliphatic heterocycles. The molecule has 0 unspecified atom stereocenters. The fraction of sp³-hybridized carbons (Fsp3) is 0.400. The number of para-hydroxylation sites is 2. The van der Waals surface area contributed by atoms with Gasteiger partial charge in [0.2, 0.25) is 11.8 Å². The fourth-order valence-corrected chi connectivity index (χ4v) is 3.46. The van der Waals surface area contributed by atoms with Crippen LogP contribution in [0, 0.1) is 0 Å². The molecule has 0 aliphatic rings. The van der Waals surface area contributed by atoms with Crippen molar-refractivity contribution in [1.82, 2.24) is 9.80 Å². The number of thiophene rings is 1. The molecular weight excluding hydrogens is 362 g/mol. The number of ether oxygens (including phenoxy) is 1. The van der Waals surface area contributed by atoms with Gasteiger partial charge in [0.15, 0.2) is 0 Å². The average Bonchev–Trinajstić information content (AvgIpc) is 3.15. The number of hydrogen-bond acceptors (Lipinski definition) is 5. The molecular formula is C20H27N3O3S. The highest BCUT2D eigenvalue weighted by atomic mass is 32.1. The Labute approximate surface area is 164 Å². The molecule has 1 aromatic carbocycles. The number of carbonyl (C=O) groups is 2. The lowest BCUT2D eigenvalue weighted by atomic mass is 10.3. The van der Waals surface area contributed by atoms with Crippen LogP contribution in [0.15, 0.2) is 41.8 Å². The first-order valence-corrected chi connectivity index (χ1v) is 9.83. The van der Waals surface area contributed by atoms with Crippen LogP contribution in [-0.4, -0.2) is 55.4 Å². The summed E-state index contributed by atoms with van der Waals surface area (Å²) in [5.41, 5.74) is 0.627. The van der Waals surface area contributed by atoms with Crippen molar-refractivity contribution in [2.75, 3.05) is 39.1 Å². The van der Waals surface area contributed by atoms with Gasteiger partial charge in [-0.2, -0.15) is 0 Å². The van der Waals surface area contributed by atoms with Gasteiger partial charge in [0.05, 0.1) is 32.4 Å². The van der Waals surface area contributed by atoms with Crippen LogP contribution in [0.4, 0.5) is 5.69 Å². The molecule has 27 heavy (non-hydrogen) atoms. The third kappa shape index (κ3) is 6.69. The van der Waals surface area contributed by atoms with Gasteiger partial charge in [0.1, 0.15) is 5.75 Å². The number of nitrogens with one attached hydrogen (secondary N) is 1. The average molecular weight is 390 g/mol. The molecule has 0 radical (unpaired) electrons. The first-order chi connectivity index (χ1) is 13.0. The van der Waals surface area contributed by atoms with Crippen LogP contribution in [-0.2, 0) is 16.1 Å². The van der Waals surface area contributed by atoms with Crippen molar-refractivity contribution in [2.45, 2.75) is 19.9 Å². The van der Waals surface area contributed by atoms with Gasteiger partial charge < -0.3 is 15.0 Å². The molecule has 1 aromatic heterocycles. The van der Waals surface area contributed by atoms with E-state index in [2.05, 4.69) is 5.32 Å². The molecule has 0 aliphatic carbocycles. The van der Waals surface area contributed by atoms with Gasteiger partial charge in [-0.3, -0.25) is 14.5 Å². The fourth-order valence-electron chi connectivity index (χ4n) is 2.71. The van der Waals surface area contributed by atoms with Crippen LogP contribution in [0.25, 0.3) is 0 Å². The van der Waals surface area contributed by atoms with E-state index in [1.165, 1.54) is 0 Å². The number of rotatable bonds is 10. The Morgan fingerprint density at radius 3 is 2.59 bits per heavy atom. The molecule has 7 heteroatoms. The van der Waals surface area contributed by atoms with Gasteiger partial charge in [0.25, 0.3) is 0 Å². The Morgan fingerprint density at radius 1 is 1.15 bits per heavy atom. The van der Waals surface area contributed by atoms with E-state index < -0.39 is 0 Å². The smallest absolute Gasteiger partial charge is 0.238 e. The molecule has 146 valence electrons. The summed E-state index contributed by atoms with van der Waals surface area (Å²) in [6, 6.07) is 11.3. The van der Waals surface area contributed by atoms with Crippen molar-refractivity contribution < 1.29 is 14.3 Å². The second-order valence-electron chi connectivity index (χ2n) is 6.29. The van der Waals surface area contributed by atoms with Gasteiger partial charge >= 0.3 is 0 Å². The van der Waals surface area contributed by atoms with Crippen molar-refractivity contribution in [3.05, 3.63) is 46.7 Å². The number of anilines is 1. The number of nitrogens with zero attached hydrogens (tertiary/aromatic N) is 2. The third-order valence-electron chi connectivity index (χ3n) is 4.05. The number of carbonyl (C=O) groups excluding carboxylic acids is 2. The maximum Gasteiger partial charge on any atom is 0.238 e. The summed E-state index contributed by atoms with van der Waals surface area (Å²) in [6.07, 6.45) is 0.865. The minimum absolute atomic E-state index is 0.00180. The van der Waals surface area contributed by atoms with Crippen LogP contribution in [0.2, 0.25) is 0 Å². The molecule has 1 heterocycles. The van der Waals surface area contributed by atoms with E-state index >= 15 is 0 Å². The highest BCUT2D eigenvalue weighted by Gasteiger charge is 2.18. The van der Waals surface area contributed by atoms with Crippen LogP contribution in [0.5, 0.6) is 5.75 Å². The standard InChI is InChI=1S/C20H27N3O3S/c1-4-11-23(15-20(25)22(2)13-16-8-7-12-27-16)14-19(24)21-17-9-5-6-10-18(17)26-3/h5-10,12H,4,11,13-15H2,1-3H3,(H,21,24). The van der Waals surface area contributed by atoms with E-state index in [1.54, 1.807) is 42.5 Å². The lowest BCUT2D eigenvalue weighted by molar-refractivity contribution is -0.132. The van der Waals surface area contributed by atoms with E-state index in [1.807, 2.05) is 41.5 Å². The van der Waals surface area contributed by atoms with Gasteiger partial charge in [-0.05, 0) is 36.5 Å². The zero-order valence-electron chi connectivity index (χ0n) is 16.1. The maximum absolute atomic E-state index is 12.5. The summed E-state index contributed by atoms with van der Waals surface area (Å²) in [7, 11) is 3.36. The normalized spacial score (nSPS) is 10.7. The summed E-state index contributed by atoms with van der Waals surface area (Å²) in [6.45, 7) is 3.67. The monoisotopic (exact) mass is 389 g/mol. The summed E-state index contributed by atoms with van der Waals surface area (Å²) in [5.74, 6) is 0.447. The van der Waals surface area contributed by atoms with Gasteiger partial charge in [-0.1, -0.05) is 25.1 Å². The van der Waals surface area contributed by atoms with E-state index in [0.29, 0.717) is 24.5 Å². The lowest BCUT2D eigenvalue weighted by Gasteiger charge is -2.24. The van der Waals surface area contributed by atoms with Crippen molar-refractivity contribution in [3.8, 4) is 5.75 Å². The third-order valence-corrected chi connectivity index (χ3v) is 4.91. The van der Waals surface area contributed by atoms with E-state index in [9.17, 15) is 9.59 Å². The first-order valence-electron chi connectivity index (χ1n) is 8.95. The molecule has 6 nitrogen and oxygen atoms in total. The zero-order chi connectivity index (χ0) is 19.6. The molecule has 0 spiro atoms. The number of hydrogen-bond donors (Lipinski definition) is 1. The number of methoxy groups -OCH3 is 1. The lowest BCUT2D eigenvalue weighted by Crippen LogP contribution is -2.42. The van der Waals surface area contributed by atoms with Crippen LogP contribution < -0.4 is 10.1 Å². The first kappa shape index (κ1) is 20.9. The van der Waals surface area contributed by atoms with E-state index in [-0.39, 0.29) is 24.9 Å². The van der Waals surface area contributed by atoms with Crippen molar-refractivity contribution in [2.24, 2.45) is 0 Å². The minimum Gasteiger partial charge on any atom is -0.495 e. The molecule has 0 saturated heterocycles. The Kier molecular flexibility index (Phi) is 8.29. The Balaban J connectivity index is 1.91. The van der Waals surface area contributed by atoms with E-state index in [0.717, 1.165) is 11.3 Å². The Bertz CT molecular complexity index is 734. The summed E-state index contributed by atoms with van der Waals surface area (Å²) in [5, 5.41) is 4.86.